The number of aliphatic hydroxyl groups excluding tert-OH is 2. The van der Waals surface area contributed by atoms with Crippen LogP contribution in [-0.2, 0) is 37.7 Å². The van der Waals surface area contributed by atoms with E-state index in [0.29, 0.717) is 29.9 Å². The van der Waals surface area contributed by atoms with Gasteiger partial charge in [0.05, 0.1) is 30.9 Å². The highest BCUT2D eigenvalue weighted by molar-refractivity contribution is 6.72. The van der Waals surface area contributed by atoms with Crippen LogP contribution in [-0.4, -0.2) is 72.6 Å². The van der Waals surface area contributed by atoms with Crippen molar-refractivity contribution >= 4 is 37.5 Å². The van der Waals surface area contributed by atoms with Crippen LogP contribution in [0.4, 0.5) is 15.5 Å². The molecule has 2 aromatic carbocycles. The molecule has 0 unspecified atom stereocenters. The molecule has 3 aliphatic heterocycles. The maximum absolute atomic E-state index is 16.2. The van der Waals surface area contributed by atoms with Crippen LogP contribution in [0.25, 0.3) is 0 Å². The van der Waals surface area contributed by atoms with E-state index in [-0.39, 0.29) is 31.4 Å². The van der Waals surface area contributed by atoms with Gasteiger partial charge in [-0.05, 0) is 55.8 Å². The largest absolute Gasteiger partial charge is 0.394 e. The number of anilines is 2. The molecule has 1 saturated heterocycles. The summed E-state index contributed by atoms with van der Waals surface area (Å²) in [5, 5.41) is 22.5. The van der Waals surface area contributed by atoms with Crippen molar-refractivity contribution in [2.24, 2.45) is 5.92 Å². The highest BCUT2D eigenvalue weighted by Gasteiger charge is 2.67. The van der Waals surface area contributed by atoms with Gasteiger partial charge >= 0.3 is 0 Å². The van der Waals surface area contributed by atoms with Crippen LogP contribution >= 0.6 is 0 Å². The number of hydrogen-bond acceptors (Lipinski definition) is 6. The SMILES string of the molecule is C=CCN1C(=O)[C@]2(O[C@H](CC(=O)N3Cc4ccccc4C[C@H]3CO)[C@@H]([Si](C)(C)F)[C@@H]2C)c2cc(NC(=O)[C@H](C)O)ccc21. The van der Waals surface area contributed by atoms with Gasteiger partial charge in [-0.1, -0.05) is 37.3 Å². The molecule has 0 radical (unpaired) electrons. The molecule has 3 N–H and O–H groups in total. The number of halogens is 1. The molecular formula is C32H40FN3O6Si. The van der Waals surface area contributed by atoms with Crippen LogP contribution < -0.4 is 10.2 Å². The number of nitrogens with zero attached hydrogens (tertiary/aromatic N) is 2. The van der Waals surface area contributed by atoms with Gasteiger partial charge in [-0.15, -0.1) is 6.58 Å². The highest BCUT2D eigenvalue weighted by Crippen LogP contribution is 2.60. The predicted octanol–water partition coefficient (Wildman–Crippen LogP) is 3.65. The van der Waals surface area contributed by atoms with Crippen molar-refractivity contribution in [1.29, 1.82) is 0 Å². The van der Waals surface area contributed by atoms with E-state index < -0.39 is 49.6 Å². The van der Waals surface area contributed by atoms with E-state index in [2.05, 4.69) is 11.9 Å². The second-order valence-corrected chi connectivity index (χ2v) is 16.2. The van der Waals surface area contributed by atoms with E-state index in [9.17, 15) is 24.6 Å². The Morgan fingerprint density at radius 2 is 1.95 bits per heavy atom. The molecule has 3 heterocycles. The zero-order valence-electron chi connectivity index (χ0n) is 25.0. The molecule has 9 nitrogen and oxygen atoms in total. The summed E-state index contributed by atoms with van der Waals surface area (Å²) >= 11 is 0. The fraction of sp³-hybridized carbons (Fsp3) is 0.469. The van der Waals surface area contributed by atoms with Crippen molar-refractivity contribution in [3.05, 3.63) is 71.8 Å². The average molecular weight is 610 g/mol. The number of aliphatic hydroxyl groups is 2. The van der Waals surface area contributed by atoms with Crippen LogP contribution in [0, 0.1) is 5.92 Å². The fourth-order valence-corrected chi connectivity index (χ4v) is 9.71. The Hall–Kier alpha value is -3.38. The number of carbonyl (C=O) groups excluding carboxylic acids is 3. The van der Waals surface area contributed by atoms with Gasteiger partial charge < -0.3 is 34.2 Å². The predicted molar refractivity (Wildman–Crippen MR) is 164 cm³/mol. The standard InChI is InChI=1S/C32H40FN3O6Si/c1-6-13-35-26-12-11-23(34-30(40)20(3)38)15-25(26)32(31(35)41)19(2)29(43(4,5)33)27(42-32)16-28(39)36-17-22-10-8-7-9-21(22)14-24(36)18-37/h6-12,15,19-20,24,27,29,37-38H,1,13-14,16-18H2,2-5H3,(H,34,40)/t19-,20-,24-,27+,29-,32+/m0/s1. The van der Waals surface area contributed by atoms with Gasteiger partial charge in [0.25, 0.3) is 11.8 Å². The molecular weight excluding hydrogens is 569 g/mol. The molecule has 6 atom stereocenters. The van der Waals surface area contributed by atoms with Crippen molar-refractivity contribution in [3.63, 3.8) is 0 Å². The number of carbonyl (C=O) groups is 3. The molecule has 1 fully saturated rings. The second kappa shape index (κ2) is 11.6. The molecule has 0 bridgehead atoms. The molecule has 2 aromatic rings. The number of benzene rings is 2. The van der Waals surface area contributed by atoms with E-state index in [1.807, 2.05) is 24.3 Å². The Kier molecular flexibility index (Phi) is 8.38. The third-order valence-corrected chi connectivity index (χ3v) is 11.6. The summed E-state index contributed by atoms with van der Waals surface area (Å²) in [6.45, 7) is 10.4. The third-order valence-electron chi connectivity index (χ3n) is 9.18. The zero-order valence-corrected chi connectivity index (χ0v) is 26.0. The van der Waals surface area contributed by atoms with Gasteiger partial charge in [-0.25, -0.2) is 0 Å². The van der Waals surface area contributed by atoms with Crippen LogP contribution in [0.2, 0.25) is 18.6 Å². The average Bonchev–Trinajstić information content (AvgIpc) is 3.38. The topological polar surface area (TPSA) is 119 Å². The first-order chi connectivity index (χ1) is 20.3. The Morgan fingerprint density at radius 3 is 2.58 bits per heavy atom. The van der Waals surface area contributed by atoms with E-state index in [1.165, 1.54) is 11.8 Å². The molecule has 0 aliphatic carbocycles. The van der Waals surface area contributed by atoms with E-state index >= 15 is 4.11 Å². The molecule has 230 valence electrons. The Labute approximate surface area is 252 Å². The molecule has 3 aliphatic rings. The monoisotopic (exact) mass is 609 g/mol. The lowest BCUT2D eigenvalue weighted by Crippen LogP contribution is -2.48. The molecule has 0 aromatic heterocycles. The van der Waals surface area contributed by atoms with Crippen LogP contribution in [0.3, 0.4) is 0 Å². The molecule has 5 rings (SSSR count). The summed E-state index contributed by atoms with van der Waals surface area (Å²) in [5.74, 6) is -1.87. The quantitative estimate of drug-likeness (QED) is 0.239. The van der Waals surface area contributed by atoms with Gasteiger partial charge in [-0.3, -0.25) is 14.4 Å². The minimum absolute atomic E-state index is 0.141. The second-order valence-electron chi connectivity index (χ2n) is 12.4. The number of nitrogens with one attached hydrogen (secondary N) is 1. The van der Waals surface area contributed by atoms with Crippen molar-refractivity contribution < 1.29 is 33.4 Å². The number of hydrogen-bond donors (Lipinski definition) is 3. The molecule has 0 saturated carbocycles. The molecule has 3 amide bonds. The summed E-state index contributed by atoms with van der Waals surface area (Å²) in [6, 6.07) is 12.4. The first-order valence-corrected chi connectivity index (χ1v) is 17.7. The summed E-state index contributed by atoms with van der Waals surface area (Å²) < 4.78 is 22.9. The van der Waals surface area contributed by atoms with Crippen molar-refractivity contribution in [1.82, 2.24) is 4.90 Å². The van der Waals surface area contributed by atoms with Gasteiger partial charge in [0, 0.05) is 35.8 Å². The Balaban J connectivity index is 1.53. The summed E-state index contributed by atoms with van der Waals surface area (Å²) in [4.78, 5) is 43.6. The number of ether oxygens (including phenoxy) is 1. The maximum Gasteiger partial charge on any atom is 0.264 e. The Bertz CT molecular complexity index is 1440. The Morgan fingerprint density at radius 1 is 1.26 bits per heavy atom. The van der Waals surface area contributed by atoms with E-state index in [0.717, 1.165) is 11.1 Å². The van der Waals surface area contributed by atoms with Crippen molar-refractivity contribution in [2.45, 2.75) is 75.7 Å². The van der Waals surface area contributed by atoms with E-state index in [4.69, 9.17) is 4.74 Å². The van der Waals surface area contributed by atoms with Crippen LogP contribution in [0.5, 0.6) is 0 Å². The van der Waals surface area contributed by atoms with Gasteiger partial charge in [-0.2, -0.15) is 0 Å². The normalized spacial score (nSPS) is 27.2. The van der Waals surface area contributed by atoms with Crippen LogP contribution in [0.1, 0.15) is 37.0 Å². The molecule has 43 heavy (non-hydrogen) atoms. The lowest BCUT2D eigenvalue weighted by atomic mass is 9.82. The lowest BCUT2D eigenvalue weighted by Gasteiger charge is -2.37. The highest BCUT2D eigenvalue weighted by atomic mass is 28.4. The third kappa shape index (κ3) is 5.32. The van der Waals surface area contributed by atoms with Gasteiger partial charge in [0.15, 0.2) is 5.60 Å². The minimum atomic E-state index is -3.53. The number of amides is 3. The van der Waals surface area contributed by atoms with Gasteiger partial charge in [0.2, 0.25) is 14.3 Å². The number of rotatable bonds is 8. The van der Waals surface area contributed by atoms with Crippen molar-refractivity contribution in [3.8, 4) is 0 Å². The smallest absolute Gasteiger partial charge is 0.264 e. The fourth-order valence-electron chi connectivity index (χ4n) is 7.21. The summed E-state index contributed by atoms with van der Waals surface area (Å²) in [6.07, 6.45) is -0.162. The first-order valence-electron chi connectivity index (χ1n) is 14.7. The summed E-state index contributed by atoms with van der Waals surface area (Å²) in [5.41, 5.74) is 1.20. The van der Waals surface area contributed by atoms with Crippen molar-refractivity contribution in [2.75, 3.05) is 23.4 Å². The zero-order chi connectivity index (χ0) is 31.3. The maximum atomic E-state index is 16.2. The number of fused-ring (bicyclic) bond motifs is 3. The van der Waals surface area contributed by atoms with Crippen LogP contribution in [0.15, 0.2) is 55.1 Å². The minimum Gasteiger partial charge on any atom is -0.394 e. The molecule has 1 spiro atoms. The lowest BCUT2D eigenvalue weighted by molar-refractivity contribution is -0.150. The molecule has 11 heteroatoms. The van der Waals surface area contributed by atoms with Gasteiger partial charge in [0.1, 0.15) is 6.10 Å². The summed E-state index contributed by atoms with van der Waals surface area (Å²) in [7, 11) is -3.53. The first kappa shape index (κ1) is 31.1. The van der Waals surface area contributed by atoms with E-state index in [1.54, 1.807) is 49.2 Å².